The molecule has 0 spiro atoms. The largest absolute Gasteiger partial charge is 0.497 e. The van der Waals surface area contributed by atoms with Gasteiger partial charge in [0.05, 0.1) is 7.11 Å². The molecule has 0 bridgehead atoms. The molecular weight excluding hydrogens is 208 g/mol. The summed E-state index contributed by atoms with van der Waals surface area (Å²) < 4.78 is 6.60. The van der Waals surface area contributed by atoms with E-state index < -0.39 is 0 Å². The number of benzene rings is 1. The molecule has 0 aliphatic heterocycles. The summed E-state index contributed by atoms with van der Waals surface area (Å²) in [6.45, 7) is 0. The fraction of sp³-hybridized carbons (Fsp3) is 0.200. The zero-order valence-electron chi connectivity index (χ0n) is 8.91. The van der Waals surface area contributed by atoms with E-state index in [9.17, 15) is 4.79 Å². The number of methoxy groups -OCH3 is 1. The highest BCUT2D eigenvalue weighted by Crippen LogP contribution is 2.24. The van der Waals surface area contributed by atoms with Crippen molar-refractivity contribution in [1.29, 1.82) is 0 Å². The number of hydrogen-bond donors (Lipinski definition) is 0. The highest BCUT2D eigenvalue weighted by atomic mass is 16.5. The zero-order chi connectivity index (χ0) is 11.5. The van der Waals surface area contributed by atoms with Crippen LogP contribution in [0, 0.1) is 0 Å². The molecule has 1 aromatic heterocycles. The van der Waals surface area contributed by atoms with Crippen LogP contribution in [0.15, 0.2) is 18.2 Å². The van der Waals surface area contributed by atoms with Crippen molar-refractivity contribution in [3.63, 3.8) is 0 Å². The SMILES string of the molecule is COc1ccc(C=O)c(-c2nnnn2C)c1. The maximum Gasteiger partial charge on any atom is 0.182 e. The minimum Gasteiger partial charge on any atom is -0.497 e. The smallest absolute Gasteiger partial charge is 0.182 e. The summed E-state index contributed by atoms with van der Waals surface area (Å²) in [6.07, 6.45) is 0.767. The van der Waals surface area contributed by atoms with Gasteiger partial charge >= 0.3 is 0 Å². The molecule has 0 fully saturated rings. The molecule has 0 aliphatic rings. The quantitative estimate of drug-likeness (QED) is 0.709. The molecule has 2 aromatic rings. The van der Waals surface area contributed by atoms with Crippen molar-refractivity contribution >= 4 is 6.29 Å². The van der Waals surface area contributed by atoms with Gasteiger partial charge in [-0.2, -0.15) is 0 Å². The second kappa shape index (κ2) is 4.09. The number of aromatic nitrogens is 4. The average molecular weight is 218 g/mol. The van der Waals surface area contributed by atoms with Crippen molar-refractivity contribution in [3.8, 4) is 17.1 Å². The second-order valence-corrected chi connectivity index (χ2v) is 3.20. The molecule has 0 saturated carbocycles. The van der Waals surface area contributed by atoms with E-state index in [0.29, 0.717) is 22.7 Å². The van der Waals surface area contributed by atoms with Crippen molar-refractivity contribution < 1.29 is 9.53 Å². The Kier molecular flexibility index (Phi) is 2.63. The molecule has 82 valence electrons. The van der Waals surface area contributed by atoms with Gasteiger partial charge in [-0.3, -0.25) is 4.79 Å². The third-order valence-corrected chi connectivity index (χ3v) is 2.25. The van der Waals surface area contributed by atoms with Crippen LogP contribution in [0.5, 0.6) is 5.75 Å². The predicted octanol–water partition coefficient (Wildman–Crippen LogP) is 0.698. The lowest BCUT2D eigenvalue weighted by Gasteiger charge is -2.05. The number of rotatable bonds is 3. The van der Waals surface area contributed by atoms with E-state index in [4.69, 9.17) is 4.74 Å². The van der Waals surface area contributed by atoms with E-state index in [0.717, 1.165) is 6.29 Å². The molecule has 1 aromatic carbocycles. The van der Waals surface area contributed by atoms with Gasteiger partial charge in [0.25, 0.3) is 0 Å². The van der Waals surface area contributed by atoms with Gasteiger partial charge in [-0.25, -0.2) is 4.68 Å². The van der Waals surface area contributed by atoms with Gasteiger partial charge in [0.1, 0.15) is 5.75 Å². The van der Waals surface area contributed by atoms with Crippen molar-refractivity contribution in [3.05, 3.63) is 23.8 Å². The third-order valence-electron chi connectivity index (χ3n) is 2.25. The minimum atomic E-state index is 0.527. The molecule has 0 atom stereocenters. The maximum absolute atomic E-state index is 10.9. The lowest BCUT2D eigenvalue weighted by atomic mass is 10.1. The Morgan fingerprint density at radius 3 is 2.81 bits per heavy atom. The number of nitrogens with zero attached hydrogens (tertiary/aromatic N) is 4. The van der Waals surface area contributed by atoms with Crippen LogP contribution < -0.4 is 4.74 Å². The Labute approximate surface area is 91.8 Å². The molecule has 0 unspecified atom stereocenters. The first-order chi connectivity index (χ1) is 7.76. The summed E-state index contributed by atoms with van der Waals surface area (Å²) in [5, 5.41) is 11.1. The van der Waals surface area contributed by atoms with Crippen LogP contribution in [-0.4, -0.2) is 33.6 Å². The molecule has 2 rings (SSSR count). The lowest BCUT2D eigenvalue weighted by molar-refractivity contribution is 0.112. The number of aldehydes is 1. The molecule has 0 saturated heterocycles. The van der Waals surface area contributed by atoms with Crippen LogP contribution in [0.25, 0.3) is 11.4 Å². The third kappa shape index (κ3) is 1.65. The summed E-state index contributed by atoms with van der Waals surface area (Å²) in [5.41, 5.74) is 1.18. The molecule has 0 N–H and O–H groups in total. The molecule has 0 aliphatic carbocycles. The summed E-state index contributed by atoms with van der Waals surface area (Å²) in [4.78, 5) is 10.9. The maximum atomic E-state index is 10.9. The van der Waals surface area contributed by atoms with Crippen molar-refractivity contribution in [2.75, 3.05) is 7.11 Å². The van der Waals surface area contributed by atoms with E-state index in [-0.39, 0.29) is 0 Å². The average Bonchev–Trinajstić information content (AvgIpc) is 2.74. The van der Waals surface area contributed by atoms with Crippen molar-refractivity contribution in [2.24, 2.45) is 7.05 Å². The van der Waals surface area contributed by atoms with Crippen LogP contribution in [0.2, 0.25) is 0 Å². The van der Waals surface area contributed by atoms with Gasteiger partial charge < -0.3 is 4.74 Å². The molecule has 1 heterocycles. The van der Waals surface area contributed by atoms with Gasteiger partial charge in [0.2, 0.25) is 0 Å². The summed E-state index contributed by atoms with van der Waals surface area (Å²) in [7, 11) is 3.28. The van der Waals surface area contributed by atoms with Gasteiger partial charge in [0, 0.05) is 18.2 Å². The summed E-state index contributed by atoms with van der Waals surface area (Å²) in [6, 6.07) is 5.13. The number of hydrogen-bond acceptors (Lipinski definition) is 5. The topological polar surface area (TPSA) is 69.9 Å². The van der Waals surface area contributed by atoms with Crippen LogP contribution >= 0.6 is 0 Å². The number of tetrazole rings is 1. The molecule has 0 radical (unpaired) electrons. The fourth-order valence-corrected chi connectivity index (χ4v) is 1.42. The number of ether oxygens (including phenoxy) is 1. The van der Waals surface area contributed by atoms with Gasteiger partial charge in [0.15, 0.2) is 12.1 Å². The molecule has 0 amide bonds. The van der Waals surface area contributed by atoms with E-state index in [2.05, 4.69) is 15.5 Å². The number of aryl methyl sites for hydroxylation is 1. The zero-order valence-corrected chi connectivity index (χ0v) is 8.91. The Balaban J connectivity index is 2.61. The van der Waals surface area contributed by atoms with Crippen LogP contribution in [-0.2, 0) is 7.05 Å². The first kappa shape index (κ1) is 10.3. The number of carbonyl (C=O) groups is 1. The first-order valence-electron chi connectivity index (χ1n) is 4.62. The Bertz CT molecular complexity index is 521. The molecule has 6 heteroatoms. The van der Waals surface area contributed by atoms with Gasteiger partial charge in [-0.05, 0) is 28.6 Å². The van der Waals surface area contributed by atoms with Crippen molar-refractivity contribution in [2.45, 2.75) is 0 Å². The van der Waals surface area contributed by atoms with Crippen LogP contribution in [0.4, 0.5) is 0 Å². The summed E-state index contributed by atoms with van der Waals surface area (Å²) in [5.74, 6) is 1.18. The van der Waals surface area contributed by atoms with E-state index in [1.807, 2.05) is 0 Å². The number of carbonyl (C=O) groups excluding carboxylic acids is 1. The molecule has 6 nitrogen and oxygen atoms in total. The van der Waals surface area contributed by atoms with Gasteiger partial charge in [-0.15, -0.1) is 5.10 Å². The first-order valence-corrected chi connectivity index (χ1v) is 4.62. The van der Waals surface area contributed by atoms with Crippen molar-refractivity contribution in [1.82, 2.24) is 20.2 Å². The van der Waals surface area contributed by atoms with Crippen LogP contribution in [0.1, 0.15) is 10.4 Å². The fourth-order valence-electron chi connectivity index (χ4n) is 1.42. The van der Waals surface area contributed by atoms with E-state index >= 15 is 0 Å². The Morgan fingerprint density at radius 1 is 1.44 bits per heavy atom. The standard InChI is InChI=1S/C10H10N4O2/c1-14-10(11-12-13-14)9-5-8(16-2)4-3-7(9)6-15/h3-6H,1-2H3. The predicted molar refractivity (Wildman–Crippen MR) is 56.2 cm³/mol. The van der Waals surface area contributed by atoms with E-state index in [1.54, 1.807) is 32.4 Å². The van der Waals surface area contributed by atoms with Gasteiger partial charge in [-0.1, -0.05) is 0 Å². The lowest BCUT2D eigenvalue weighted by Crippen LogP contribution is -1.98. The van der Waals surface area contributed by atoms with E-state index in [1.165, 1.54) is 4.68 Å². The Morgan fingerprint density at radius 2 is 2.25 bits per heavy atom. The second-order valence-electron chi connectivity index (χ2n) is 3.20. The summed E-state index contributed by atoms with van der Waals surface area (Å²) >= 11 is 0. The van der Waals surface area contributed by atoms with Crippen LogP contribution in [0.3, 0.4) is 0 Å². The normalized spacial score (nSPS) is 10.1. The highest BCUT2D eigenvalue weighted by molar-refractivity contribution is 5.86. The highest BCUT2D eigenvalue weighted by Gasteiger charge is 2.11. The molecule has 16 heavy (non-hydrogen) atoms. The monoisotopic (exact) mass is 218 g/mol. The Hall–Kier alpha value is -2.24. The minimum absolute atomic E-state index is 0.527. The molecular formula is C10H10N4O2.